The van der Waals surface area contributed by atoms with Gasteiger partial charge in [-0.1, -0.05) is 6.92 Å². The lowest BCUT2D eigenvalue weighted by Gasteiger charge is -2.31. The lowest BCUT2D eigenvalue weighted by Crippen LogP contribution is -2.46. The molecular weight excluding hydrogens is 324 g/mol. The van der Waals surface area contributed by atoms with Gasteiger partial charge in [0.05, 0.1) is 35.9 Å². The largest absolute Gasteiger partial charge is 0.481 e. The highest BCUT2D eigenvalue weighted by molar-refractivity contribution is 5.96. The van der Waals surface area contributed by atoms with E-state index in [1.165, 1.54) is 28.1 Å². The van der Waals surface area contributed by atoms with E-state index in [9.17, 15) is 29.4 Å². The number of esters is 2. The van der Waals surface area contributed by atoms with Gasteiger partial charge in [0, 0.05) is 14.2 Å². The molecule has 0 radical (unpaired) electrons. The molecule has 2 N–H and O–H groups in total. The van der Waals surface area contributed by atoms with Crippen LogP contribution in [0, 0.1) is 23.7 Å². The molecule has 0 aromatic heterocycles. The van der Waals surface area contributed by atoms with Gasteiger partial charge in [-0.05, 0) is 13.3 Å². The van der Waals surface area contributed by atoms with Crippen LogP contribution in [0.25, 0.3) is 0 Å². The molecule has 9 heteroatoms. The second-order valence-corrected chi connectivity index (χ2v) is 5.81. The second-order valence-electron chi connectivity index (χ2n) is 5.81. The Morgan fingerprint density at radius 1 is 1.08 bits per heavy atom. The lowest BCUT2D eigenvalue weighted by atomic mass is 9.79. The minimum atomic E-state index is -1.46. The summed E-state index contributed by atoms with van der Waals surface area (Å²) in [5.41, 5.74) is 0. The average Bonchev–Trinajstić information content (AvgIpc) is 2.74. The van der Waals surface area contributed by atoms with Crippen LogP contribution in [-0.4, -0.2) is 60.5 Å². The predicted molar refractivity (Wildman–Crippen MR) is 77.9 cm³/mol. The van der Waals surface area contributed by atoms with Gasteiger partial charge < -0.3 is 24.4 Å². The molecule has 9 nitrogen and oxygen atoms in total. The third kappa shape index (κ3) is 4.09. The number of aliphatic carboxylic acids is 2. The minimum absolute atomic E-state index is 0.139. The molecule has 1 aliphatic rings. The monoisotopic (exact) mass is 346 g/mol. The van der Waals surface area contributed by atoms with Crippen molar-refractivity contribution in [2.45, 2.75) is 32.5 Å². The van der Waals surface area contributed by atoms with Crippen LogP contribution in [-0.2, 0) is 33.4 Å². The molecule has 1 saturated heterocycles. The van der Waals surface area contributed by atoms with Crippen molar-refractivity contribution in [2.24, 2.45) is 23.7 Å². The maximum atomic E-state index is 11.7. The van der Waals surface area contributed by atoms with Gasteiger partial charge in [-0.15, -0.1) is 0 Å². The summed E-state index contributed by atoms with van der Waals surface area (Å²) in [6, 6.07) is 0. The fourth-order valence-corrected chi connectivity index (χ4v) is 2.91. The molecule has 0 spiro atoms. The van der Waals surface area contributed by atoms with Crippen molar-refractivity contribution in [3.63, 3.8) is 0 Å². The normalized spacial score (nSPS) is 25.7. The average molecular weight is 346 g/mol. The first-order valence-electron chi connectivity index (χ1n) is 7.42. The van der Waals surface area contributed by atoms with Crippen molar-refractivity contribution in [2.75, 3.05) is 14.2 Å². The maximum Gasteiger partial charge on any atom is 0.317 e. The molecule has 0 bridgehead atoms. The topological polar surface area (TPSA) is 136 Å². The Balaban J connectivity index is 3.11. The van der Waals surface area contributed by atoms with Crippen LogP contribution in [0.4, 0.5) is 0 Å². The summed E-state index contributed by atoms with van der Waals surface area (Å²) in [6.07, 6.45) is -2.14. The Morgan fingerprint density at radius 3 is 1.96 bits per heavy atom. The zero-order valence-electron chi connectivity index (χ0n) is 13.9. The van der Waals surface area contributed by atoms with Crippen LogP contribution in [0.5, 0.6) is 0 Å². The number of carboxylic acids is 2. The molecule has 0 saturated carbocycles. The van der Waals surface area contributed by atoms with E-state index < -0.39 is 59.8 Å². The fourth-order valence-electron chi connectivity index (χ4n) is 2.91. The van der Waals surface area contributed by atoms with Gasteiger partial charge in [-0.2, -0.15) is 0 Å². The van der Waals surface area contributed by atoms with Gasteiger partial charge in [-0.25, -0.2) is 0 Å². The lowest BCUT2D eigenvalue weighted by molar-refractivity contribution is -0.167. The van der Waals surface area contributed by atoms with Gasteiger partial charge in [-0.3, -0.25) is 19.2 Å². The molecule has 1 heterocycles. The highest BCUT2D eigenvalue weighted by Crippen LogP contribution is 2.33. The molecule has 6 atom stereocenters. The fraction of sp³-hybridized carbons (Fsp3) is 0.733. The number of hydrogen-bond acceptors (Lipinski definition) is 7. The quantitative estimate of drug-likeness (QED) is 0.442. The Labute approximate surface area is 138 Å². The van der Waals surface area contributed by atoms with Crippen LogP contribution in [0.15, 0.2) is 0 Å². The van der Waals surface area contributed by atoms with Gasteiger partial charge in [0.1, 0.15) is 0 Å². The molecule has 136 valence electrons. The van der Waals surface area contributed by atoms with Crippen LogP contribution >= 0.6 is 0 Å². The van der Waals surface area contributed by atoms with E-state index in [1.54, 1.807) is 0 Å². The summed E-state index contributed by atoms with van der Waals surface area (Å²) in [5.74, 6) is -8.65. The van der Waals surface area contributed by atoms with Gasteiger partial charge >= 0.3 is 23.9 Å². The Hall–Kier alpha value is -2.00. The van der Waals surface area contributed by atoms with Crippen LogP contribution in [0.2, 0.25) is 0 Å². The zero-order chi connectivity index (χ0) is 18.6. The van der Waals surface area contributed by atoms with Crippen molar-refractivity contribution in [3.05, 3.63) is 0 Å². The summed E-state index contributed by atoms with van der Waals surface area (Å²) in [7, 11) is 2.50. The molecule has 1 fully saturated rings. The number of carbonyl (C=O) groups excluding carboxylic acids is 2. The van der Waals surface area contributed by atoms with E-state index in [2.05, 4.69) is 4.74 Å². The zero-order valence-corrected chi connectivity index (χ0v) is 13.9. The van der Waals surface area contributed by atoms with Gasteiger partial charge in [0.25, 0.3) is 0 Å². The van der Waals surface area contributed by atoms with Crippen molar-refractivity contribution in [1.29, 1.82) is 0 Å². The summed E-state index contributed by atoms with van der Waals surface area (Å²) < 4.78 is 14.7. The molecule has 0 aromatic carbocycles. The third-order valence-corrected chi connectivity index (χ3v) is 4.50. The number of carboxylic acid groups (broad SMARTS) is 2. The maximum absolute atomic E-state index is 11.7. The highest BCUT2D eigenvalue weighted by Gasteiger charge is 2.48. The van der Waals surface area contributed by atoms with E-state index >= 15 is 0 Å². The first kappa shape index (κ1) is 20.0. The standard InChI is InChI=1S/C15H22O9/c1-6-8(15(21)24-14(6)20)5-9(23-4)11(13(18)19)10(12(16)17)7(2)22-3/h6-11H,5H2,1-4H3,(H,16,17)(H,18,19). The predicted octanol–water partition coefficient (Wildman–Crippen LogP) is 0.164. The van der Waals surface area contributed by atoms with E-state index in [4.69, 9.17) is 9.47 Å². The molecule has 1 aliphatic heterocycles. The van der Waals surface area contributed by atoms with Crippen LogP contribution < -0.4 is 0 Å². The highest BCUT2D eigenvalue weighted by atomic mass is 16.6. The molecule has 1 rings (SSSR count). The van der Waals surface area contributed by atoms with E-state index in [0.29, 0.717) is 0 Å². The SMILES string of the molecule is COC(C)C(C(=O)O)C(C(=O)O)C(CC1C(=O)OC(=O)C1C)OC. The summed E-state index contributed by atoms with van der Waals surface area (Å²) in [4.78, 5) is 46.4. The molecular formula is C15H22O9. The van der Waals surface area contributed by atoms with E-state index in [-0.39, 0.29) is 6.42 Å². The number of carbonyl (C=O) groups is 4. The molecule has 6 unspecified atom stereocenters. The Bertz CT molecular complexity index is 515. The van der Waals surface area contributed by atoms with Crippen molar-refractivity contribution < 1.29 is 43.6 Å². The smallest absolute Gasteiger partial charge is 0.317 e. The molecule has 0 amide bonds. The Kier molecular flexibility index (Phi) is 6.85. The summed E-state index contributed by atoms with van der Waals surface area (Å²) >= 11 is 0. The summed E-state index contributed by atoms with van der Waals surface area (Å²) in [6.45, 7) is 2.93. The number of cyclic esters (lactones) is 2. The number of methoxy groups -OCH3 is 2. The van der Waals surface area contributed by atoms with E-state index in [0.717, 1.165) is 0 Å². The first-order valence-corrected chi connectivity index (χ1v) is 7.42. The third-order valence-electron chi connectivity index (χ3n) is 4.50. The Morgan fingerprint density at radius 2 is 1.62 bits per heavy atom. The van der Waals surface area contributed by atoms with Crippen molar-refractivity contribution in [3.8, 4) is 0 Å². The summed E-state index contributed by atoms with van der Waals surface area (Å²) in [5, 5.41) is 18.9. The van der Waals surface area contributed by atoms with Crippen molar-refractivity contribution >= 4 is 23.9 Å². The van der Waals surface area contributed by atoms with E-state index in [1.807, 2.05) is 0 Å². The number of rotatable bonds is 9. The van der Waals surface area contributed by atoms with Gasteiger partial charge in [0.2, 0.25) is 0 Å². The van der Waals surface area contributed by atoms with Gasteiger partial charge in [0.15, 0.2) is 0 Å². The number of ether oxygens (including phenoxy) is 3. The molecule has 24 heavy (non-hydrogen) atoms. The number of hydrogen-bond donors (Lipinski definition) is 2. The second kappa shape index (κ2) is 8.20. The molecule has 0 aliphatic carbocycles. The van der Waals surface area contributed by atoms with Crippen molar-refractivity contribution in [1.82, 2.24) is 0 Å². The molecule has 0 aromatic rings. The van der Waals surface area contributed by atoms with Crippen LogP contribution in [0.3, 0.4) is 0 Å². The van der Waals surface area contributed by atoms with Crippen LogP contribution in [0.1, 0.15) is 20.3 Å². The minimum Gasteiger partial charge on any atom is -0.481 e. The first-order chi connectivity index (χ1) is 11.1.